The van der Waals surface area contributed by atoms with Gasteiger partial charge in [0.15, 0.2) is 0 Å². The van der Waals surface area contributed by atoms with Gasteiger partial charge < -0.3 is 15.1 Å². The van der Waals surface area contributed by atoms with Crippen molar-refractivity contribution in [3.8, 4) is 0 Å². The maximum Gasteiger partial charge on any atom is 0.322 e. The van der Waals surface area contributed by atoms with Crippen molar-refractivity contribution in [2.75, 3.05) is 38.3 Å². The molecule has 1 aromatic rings. The van der Waals surface area contributed by atoms with Crippen molar-refractivity contribution in [3.63, 3.8) is 0 Å². The summed E-state index contributed by atoms with van der Waals surface area (Å²) in [5.74, 6) is 0.623. The number of amides is 2. The standard InChI is InChI=1S/C16H24N4OS/c1-19-9-6-14-12(11-19)4-3-8-20(14)16(21)18-13-5-7-17-15(10-13)22-2/h5,7,10,12,14H,3-4,6,8-9,11H2,1-2H3,(H,17,18,21). The Labute approximate surface area is 136 Å². The Kier molecular flexibility index (Phi) is 4.88. The molecule has 2 saturated heterocycles. The average Bonchev–Trinajstić information content (AvgIpc) is 2.54. The van der Waals surface area contributed by atoms with Crippen LogP contribution in [0.15, 0.2) is 23.4 Å². The first-order valence-electron chi connectivity index (χ1n) is 7.93. The van der Waals surface area contributed by atoms with Gasteiger partial charge in [-0.05, 0) is 57.2 Å². The van der Waals surface area contributed by atoms with Crippen LogP contribution >= 0.6 is 11.8 Å². The Hall–Kier alpha value is -1.27. The maximum absolute atomic E-state index is 12.7. The molecule has 0 aromatic carbocycles. The third kappa shape index (κ3) is 3.38. The van der Waals surface area contributed by atoms with Gasteiger partial charge in [0, 0.05) is 31.0 Å². The van der Waals surface area contributed by atoms with E-state index in [0.29, 0.717) is 12.0 Å². The van der Waals surface area contributed by atoms with Crippen LogP contribution in [0, 0.1) is 5.92 Å². The number of fused-ring (bicyclic) bond motifs is 1. The molecule has 2 amide bonds. The van der Waals surface area contributed by atoms with Crippen LogP contribution in [0.1, 0.15) is 19.3 Å². The minimum absolute atomic E-state index is 0.0394. The SMILES string of the molecule is CSc1cc(NC(=O)N2CCCC3CN(C)CCC32)ccn1. The van der Waals surface area contributed by atoms with Gasteiger partial charge in [-0.25, -0.2) is 9.78 Å². The Bertz CT molecular complexity index is 539. The fraction of sp³-hybridized carbons (Fsp3) is 0.625. The second kappa shape index (κ2) is 6.87. The average molecular weight is 320 g/mol. The van der Waals surface area contributed by atoms with E-state index in [1.165, 1.54) is 6.42 Å². The molecule has 0 spiro atoms. The topological polar surface area (TPSA) is 48.5 Å². The number of piperidine rings is 2. The van der Waals surface area contributed by atoms with Gasteiger partial charge in [-0.3, -0.25) is 0 Å². The number of rotatable bonds is 2. The summed E-state index contributed by atoms with van der Waals surface area (Å²) in [5.41, 5.74) is 0.833. The molecule has 2 atom stereocenters. The van der Waals surface area contributed by atoms with Crippen molar-refractivity contribution in [2.45, 2.75) is 30.3 Å². The molecule has 3 heterocycles. The number of pyridine rings is 1. The summed E-state index contributed by atoms with van der Waals surface area (Å²) in [4.78, 5) is 21.4. The van der Waals surface area contributed by atoms with Gasteiger partial charge in [0.25, 0.3) is 0 Å². The van der Waals surface area contributed by atoms with Crippen LogP contribution < -0.4 is 5.32 Å². The van der Waals surface area contributed by atoms with Crippen molar-refractivity contribution < 1.29 is 4.79 Å². The number of hydrogen-bond donors (Lipinski definition) is 1. The number of aromatic nitrogens is 1. The van der Waals surface area contributed by atoms with E-state index in [1.807, 2.05) is 18.4 Å². The Morgan fingerprint density at radius 2 is 2.27 bits per heavy atom. The number of urea groups is 1. The van der Waals surface area contributed by atoms with Crippen molar-refractivity contribution in [1.29, 1.82) is 0 Å². The van der Waals surface area contributed by atoms with Crippen LogP contribution in [0.2, 0.25) is 0 Å². The van der Waals surface area contributed by atoms with Crippen molar-refractivity contribution in [3.05, 3.63) is 18.3 Å². The monoisotopic (exact) mass is 320 g/mol. The molecule has 1 aromatic heterocycles. The molecule has 2 aliphatic rings. The second-order valence-electron chi connectivity index (χ2n) is 6.23. The van der Waals surface area contributed by atoms with Gasteiger partial charge in [0.05, 0.1) is 5.03 Å². The molecule has 0 bridgehead atoms. The second-order valence-corrected chi connectivity index (χ2v) is 7.06. The van der Waals surface area contributed by atoms with E-state index in [2.05, 4.69) is 27.1 Å². The lowest BCUT2D eigenvalue weighted by Crippen LogP contribution is -2.56. The molecule has 2 aliphatic heterocycles. The van der Waals surface area contributed by atoms with E-state index in [-0.39, 0.29) is 6.03 Å². The molecule has 0 radical (unpaired) electrons. The fourth-order valence-electron chi connectivity index (χ4n) is 3.63. The van der Waals surface area contributed by atoms with Gasteiger partial charge in [0.2, 0.25) is 0 Å². The summed E-state index contributed by atoms with van der Waals surface area (Å²) in [6.07, 6.45) is 7.16. The van der Waals surface area contributed by atoms with Crippen molar-refractivity contribution in [1.82, 2.24) is 14.8 Å². The van der Waals surface area contributed by atoms with Crippen molar-refractivity contribution in [2.24, 2.45) is 5.92 Å². The van der Waals surface area contributed by atoms with E-state index >= 15 is 0 Å². The zero-order valence-electron chi connectivity index (χ0n) is 13.3. The molecule has 3 rings (SSSR count). The molecular formula is C16H24N4OS. The van der Waals surface area contributed by atoms with Crippen molar-refractivity contribution >= 4 is 23.5 Å². The first-order chi connectivity index (χ1) is 10.7. The summed E-state index contributed by atoms with van der Waals surface area (Å²) in [6.45, 7) is 3.06. The Morgan fingerprint density at radius 1 is 1.41 bits per heavy atom. The molecule has 5 nitrogen and oxygen atoms in total. The molecule has 0 aliphatic carbocycles. The predicted molar refractivity (Wildman–Crippen MR) is 90.4 cm³/mol. The zero-order valence-corrected chi connectivity index (χ0v) is 14.1. The first-order valence-corrected chi connectivity index (χ1v) is 9.16. The highest BCUT2D eigenvalue weighted by Gasteiger charge is 2.37. The number of hydrogen-bond acceptors (Lipinski definition) is 4. The summed E-state index contributed by atoms with van der Waals surface area (Å²) in [5, 5.41) is 3.98. The molecule has 6 heteroatoms. The number of nitrogens with one attached hydrogen (secondary N) is 1. The number of carbonyl (C=O) groups excluding carboxylic acids is 1. The van der Waals surface area contributed by atoms with Gasteiger partial charge >= 0.3 is 6.03 Å². The van der Waals surface area contributed by atoms with Gasteiger partial charge in [-0.15, -0.1) is 11.8 Å². The summed E-state index contributed by atoms with van der Waals surface area (Å²) >= 11 is 1.58. The maximum atomic E-state index is 12.7. The van der Waals surface area contributed by atoms with E-state index in [1.54, 1.807) is 18.0 Å². The number of anilines is 1. The third-order valence-corrected chi connectivity index (χ3v) is 5.37. The number of thioether (sulfide) groups is 1. The van der Waals surface area contributed by atoms with Crippen LogP contribution in [0.5, 0.6) is 0 Å². The molecule has 2 unspecified atom stereocenters. The van der Waals surface area contributed by atoms with Crippen LogP contribution in [-0.4, -0.2) is 59.8 Å². The van der Waals surface area contributed by atoms with Crippen LogP contribution in [-0.2, 0) is 0 Å². The summed E-state index contributed by atoms with van der Waals surface area (Å²) < 4.78 is 0. The number of nitrogens with zero attached hydrogens (tertiary/aromatic N) is 3. The lowest BCUT2D eigenvalue weighted by atomic mass is 9.84. The van der Waals surface area contributed by atoms with E-state index in [4.69, 9.17) is 0 Å². The van der Waals surface area contributed by atoms with Crippen LogP contribution in [0.25, 0.3) is 0 Å². The molecule has 0 saturated carbocycles. The van der Waals surface area contributed by atoms with E-state index < -0.39 is 0 Å². The molecule has 120 valence electrons. The minimum atomic E-state index is 0.0394. The molecule has 22 heavy (non-hydrogen) atoms. The van der Waals surface area contributed by atoms with Gasteiger partial charge in [0.1, 0.15) is 0 Å². The Balaban J connectivity index is 1.68. The number of likely N-dealkylation sites (tertiary alicyclic amines) is 2. The highest BCUT2D eigenvalue weighted by atomic mass is 32.2. The lowest BCUT2D eigenvalue weighted by Gasteiger charge is -2.46. The fourth-order valence-corrected chi connectivity index (χ4v) is 4.04. The number of carbonyl (C=O) groups is 1. The molecule has 1 N–H and O–H groups in total. The normalized spacial score (nSPS) is 25.6. The lowest BCUT2D eigenvalue weighted by molar-refractivity contribution is 0.0579. The van der Waals surface area contributed by atoms with Crippen LogP contribution in [0.4, 0.5) is 10.5 Å². The predicted octanol–water partition coefficient (Wildman–Crippen LogP) is 2.75. The van der Waals surface area contributed by atoms with Gasteiger partial charge in [-0.1, -0.05) is 0 Å². The highest BCUT2D eigenvalue weighted by molar-refractivity contribution is 7.98. The Morgan fingerprint density at radius 3 is 3.09 bits per heavy atom. The first kappa shape index (κ1) is 15.6. The third-order valence-electron chi connectivity index (χ3n) is 4.73. The van der Waals surface area contributed by atoms with Crippen LogP contribution in [0.3, 0.4) is 0 Å². The summed E-state index contributed by atoms with van der Waals surface area (Å²) in [7, 11) is 2.18. The van der Waals surface area contributed by atoms with E-state index in [9.17, 15) is 4.79 Å². The highest BCUT2D eigenvalue weighted by Crippen LogP contribution is 2.30. The largest absolute Gasteiger partial charge is 0.322 e. The molecule has 2 fully saturated rings. The summed E-state index contributed by atoms with van der Waals surface area (Å²) in [6, 6.07) is 4.22. The quantitative estimate of drug-likeness (QED) is 0.851. The van der Waals surface area contributed by atoms with E-state index in [0.717, 1.165) is 43.2 Å². The minimum Gasteiger partial charge on any atom is -0.321 e. The molecular weight excluding hydrogens is 296 g/mol. The van der Waals surface area contributed by atoms with Gasteiger partial charge in [-0.2, -0.15) is 0 Å². The zero-order chi connectivity index (χ0) is 15.5. The smallest absolute Gasteiger partial charge is 0.321 e.